The number of amides is 1. The van der Waals surface area contributed by atoms with Crippen molar-refractivity contribution in [2.75, 3.05) is 6.61 Å². The molecule has 1 rings (SSSR count). The molecule has 1 atom stereocenters. The van der Waals surface area contributed by atoms with E-state index in [2.05, 4.69) is 10.5 Å². The zero-order valence-corrected chi connectivity index (χ0v) is 13.9. The molecule has 1 aromatic rings. The molecule has 0 bridgehead atoms. The summed E-state index contributed by atoms with van der Waals surface area (Å²) in [5.74, 6) is -1.08. The molecule has 1 amide bonds. The second kappa shape index (κ2) is 8.30. The lowest BCUT2D eigenvalue weighted by Crippen LogP contribution is -2.44. The van der Waals surface area contributed by atoms with E-state index in [1.165, 1.54) is 0 Å². The summed E-state index contributed by atoms with van der Waals surface area (Å²) in [7, 11) is 0. The van der Waals surface area contributed by atoms with Gasteiger partial charge in [0.2, 0.25) is 0 Å². The molecule has 8 nitrogen and oxygen atoms in total. The molecule has 5 N–H and O–H groups in total. The van der Waals surface area contributed by atoms with E-state index < -0.39 is 23.5 Å². The topological polar surface area (TPSA) is 134 Å². The second-order valence-corrected chi connectivity index (χ2v) is 6.26. The number of carbonyl (C=O) groups excluding carboxylic acids is 1. The van der Waals surface area contributed by atoms with Gasteiger partial charge >= 0.3 is 5.97 Å². The number of aliphatic carboxylic acids is 1. The van der Waals surface area contributed by atoms with Gasteiger partial charge in [0.1, 0.15) is 11.8 Å². The van der Waals surface area contributed by atoms with Gasteiger partial charge in [-0.15, -0.1) is 0 Å². The van der Waals surface area contributed by atoms with Crippen molar-refractivity contribution in [2.45, 2.75) is 38.8 Å². The number of nitrogens with two attached hydrogens (primary N) is 1. The molecule has 132 valence electrons. The normalized spacial score (nSPS) is 13.2. The van der Waals surface area contributed by atoms with Gasteiger partial charge in [0.25, 0.3) is 5.91 Å². The maximum atomic E-state index is 12.1. The highest BCUT2D eigenvalue weighted by atomic mass is 16.5. The van der Waals surface area contributed by atoms with E-state index in [1.807, 2.05) is 20.8 Å². The summed E-state index contributed by atoms with van der Waals surface area (Å²) in [5, 5.41) is 23.5. The summed E-state index contributed by atoms with van der Waals surface area (Å²) in [6.07, 6.45) is 0.175. The first-order chi connectivity index (χ1) is 11.1. The SMILES string of the molecule is CC(C)(C)NC(=O)/C(=N/O)c1ccc(OCCC(N)C(=O)O)cc1. The summed E-state index contributed by atoms with van der Waals surface area (Å²) >= 11 is 0. The van der Waals surface area contributed by atoms with E-state index in [-0.39, 0.29) is 18.7 Å². The minimum absolute atomic E-state index is 0.107. The average molecular weight is 337 g/mol. The van der Waals surface area contributed by atoms with Crippen LogP contribution in [0.15, 0.2) is 29.4 Å². The van der Waals surface area contributed by atoms with Gasteiger partial charge in [0.05, 0.1) is 6.61 Å². The fourth-order valence-electron chi connectivity index (χ4n) is 1.77. The predicted octanol–water partition coefficient (Wildman–Crippen LogP) is 0.960. The van der Waals surface area contributed by atoms with Gasteiger partial charge in [-0.05, 0) is 45.0 Å². The molecule has 0 aromatic heterocycles. The maximum absolute atomic E-state index is 12.1. The smallest absolute Gasteiger partial charge is 0.320 e. The lowest BCUT2D eigenvalue weighted by atomic mass is 10.1. The number of carbonyl (C=O) groups is 2. The number of ether oxygens (including phenoxy) is 1. The number of carboxylic acids is 1. The molecular formula is C16H23N3O5. The van der Waals surface area contributed by atoms with Gasteiger partial charge in [-0.3, -0.25) is 9.59 Å². The van der Waals surface area contributed by atoms with Crippen LogP contribution >= 0.6 is 0 Å². The van der Waals surface area contributed by atoms with Crippen molar-refractivity contribution in [3.63, 3.8) is 0 Å². The Hall–Kier alpha value is -2.61. The number of nitrogens with one attached hydrogen (secondary N) is 1. The number of benzene rings is 1. The third-order valence-corrected chi connectivity index (χ3v) is 2.95. The third-order valence-electron chi connectivity index (χ3n) is 2.95. The largest absolute Gasteiger partial charge is 0.494 e. The van der Waals surface area contributed by atoms with Crippen molar-refractivity contribution in [3.05, 3.63) is 29.8 Å². The Morgan fingerprint density at radius 2 is 1.88 bits per heavy atom. The Labute approximate surface area is 140 Å². The van der Waals surface area contributed by atoms with Crippen molar-refractivity contribution in [1.82, 2.24) is 5.32 Å². The Morgan fingerprint density at radius 3 is 2.33 bits per heavy atom. The molecule has 0 radical (unpaired) electrons. The van der Waals surface area contributed by atoms with Gasteiger partial charge in [-0.25, -0.2) is 0 Å². The van der Waals surface area contributed by atoms with Crippen LogP contribution in [0.4, 0.5) is 0 Å². The van der Waals surface area contributed by atoms with E-state index in [1.54, 1.807) is 24.3 Å². The zero-order chi connectivity index (χ0) is 18.3. The first-order valence-electron chi connectivity index (χ1n) is 7.40. The molecule has 0 spiro atoms. The van der Waals surface area contributed by atoms with Crippen molar-refractivity contribution in [1.29, 1.82) is 0 Å². The highest BCUT2D eigenvalue weighted by Gasteiger charge is 2.20. The van der Waals surface area contributed by atoms with Gasteiger partial charge in [0, 0.05) is 17.5 Å². The number of hydrogen-bond acceptors (Lipinski definition) is 6. The Kier molecular flexibility index (Phi) is 6.72. The van der Waals surface area contributed by atoms with E-state index in [4.69, 9.17) is 20.8 Å². The van der Waals surface area contributed by atoms with Crippen LogP contribution in [0.2, 0.25) is 0 Å². The van der Waals surface area contributed by atoms with Gasteiger partial charge in [-0.2, -0.15) is 0 Å². The third kappa shape index (κ3) is 6.25. The fraction of sp³-hybridized carbons (Fsp3) is 0.438. The van der Waals surface area contributed by atoms with Crippen LogP contribution in [0, 0.1) is 0 Å². The van der Waals surface area contributed by atoms with Crippen LogP contribution in [-0.2, 0) is 9.59 Å². The second-order valence-electron chi connectivity index (χ2n) is 6.26. The molecule has 1 aromatic carbocycles. The molecule has 0 heterocycles. The van der Waals surface area contributed by atoms with E-state index in [9.17, 15) is 9.59 Å². The molecule has 0 aliphatic heterocycles. The number of rotatable bonds is 7. The summed E-state index contributed by atoms with van der Waals surface area (Å²) < 4.78 is 5.39. The maximum Gasteiger partial charge on any atom is 0.320 e. The summed E-state index contributed by atoms with van der Waals surface area (Å²) in [6, 6.07) is 5.36. The van der Waals surface area contributed by atoms with E-state index >= 15 is 0 Å². The number of hydrogen-bond donors (Lipinski definition) is 4. The lowest BCUT2D eigenvalue weighted by Gasteiger charge is -2.20. The van der Waals surface area contributed by atoms with Crippen LogP contribution in [0.1, 0.15) is 32.8 Å². The van der Waals surface area contributed by atoms with Crippen LogP contribution < -0.4 is 15.8 Å². The van der Waals surface area contributed by atoms with Gasteiger partial charge in [0.15, 0.2) is 5.71 Å². The van der Waals surface area contributed by atoms with Gasteiger partial charge in [-0.1, -0.05) is 5.16 Å². The van der Waals surface area contributed by atoms with Crippen molar-refractivity contribution in [2.24, 2.45) is 10.9 Å². The van der Waals surface area contributed by atoms with Crippen molar-refractivity contribution < 1.29 is 24.6 Å². The Morgan fingerprint density at radius 1 is 1.29 bits per heavy atom. The van der Waals surface area contributed by atoms with E-state index in [0.717, 1.165) is 0 Å². The number of nitrogens with zero attached hydrogens (tertiary/aromatic N) is 1. The quantitative estimate of drug-likeness (QED) is 0.332. The lowest BCUT2D eigenvalue weighted by molar-refractivity contribution is -0.138. The highest BCUT2D eigenvalue weighted by Crippen LogP contribution is 2.14. The first kappa shape index (κ1) is 19.4. The predicted molar refractivity (Wildman–Crippen MR) is 88.4 cm³/mol. The van der Waals surface area contributed by atoms with Crippen LogP contribution in [0.3, 0.4) is 0 Å². The van der Waals surface area contributed by atoms with Crippen molar-refractivity contribution in [3.8, 4) is 5.75 Å². The first-order valence-corrected chi connectivity index (χ1v) is 7.40. The molecule has 8 heteroatoms. The van der Waals surface area contributed by atoms with Crippen LogP contribution in [0.25, 0.3) is 0 Å². The molecule has 0 aliphatic carbocycles. The molecular weight excluding hydrogens is 314 g/mol. The monoisotopic (exact) mass is 337 g/mol. The summed E-state index contributed by atoms with van der Waals surface area (Å²) in [6.45, 7) is 5.61. The van der Waals surface area contributed by atoms with E-state index in [0.29, 0.717) is 11.3 Å². The fourth-order valence-corrected chi connectivity index (χ4v) is 1.77. The minimum atomic E-state index is -1.08. The molecule has 0 fully saturated rings. The minimum Gasteiger partial charge on any atom is -0.494 e. The molecule has 24 heavy (non-hydrogen) atoms. The number of oxime groups is 1. The van der Waals surface area contributed by atoms with Gasteiger partial charge < -0.3 is 26.1 Å². The average Bonchev–Trinajstić information content (AvgIpc) is 2.47. The Bertz CT molecular complexity index is 605. The molecule has 1 unspecified atom stereocenters. The summed E-state index contributed by atoms with van der Waals surface area (Å²) in [4.78, 5) is 22.7. The van der Waals surface area contributed by atoms with Crippen LogP contribution in [0.5, 0.6) is 5.75 Å². The standard InChI is InChI=1S/C16H23N3O5/c1-16(2,3)18-14(20)13(19-23)10-4-6-11(7-5-10)24-9-8-12(17)15(21)22/h4-7,12,23H,8-9,17H2,1-3H3,(H,18,20)(H,21,22)/b19-13+. The summed E-state index contributed by atoms with van der Waals surface area (Å²) in [5.41, 5.74) is 5.24. The van der Waals surface area contributed by atoms with Crippen molar-refractivity contribution >= 4 is 17.6 Å². The Balaban J connectivity index is 2.68. The highest BCUT2D eigenvalue weighted by molar-refractivity contribution is 6.45. The molecule has 0 saturated carbocycles. The molecule has 0 aliphatic rings. The molecule has 0 saturated heterocycles. The van der Waals surface area contributed by atoms with Crippen LogP contribution in [-0.4, -0.2) is 46.1 Å². The number of carboxylic acid groups (broad SMARTS) is 1. The zero-order valence-electron chi connectivity index (χ0n) is 13.9.